The van der Waals surface area contributed by atoms with Gasteiger partial charge in [-0.2, -0.15) is 0 Å². The maximum Gasteiger partial charge on any atom is 0.243 e. The number of H-pyrrole nitrogens is 1. The molecule has 526 valence electrons. The summed E-state index contributed by atoms with van der Waals surface area (Å²) < 4.78 is 56.6. The van der Waals surface area contributed by atoms with Crippen molar-refractivity contribution in [3.05, 3.63) is 96.2 Å². The molecule has 5 fully saturated rings. The Morgan fingerprint density at radius 1 is 0.453 bits per heavy atom. The molecular formula is C60H81N5O30. The van der Waals surface area contributed by atoms with E-state index in [4.69, 9.17) is 53.1 Å². The van der Waals surface area contributed by atoms with E-state index in [0.717, 1.165) is 16.5 Å². The number of nitrogens with one attached hydrogen (secondary N) is 4. The Hall–Kier alpha value is -6.12. The van der Waals surface area contributed by atoms with Crippen LogP contribution in [-0.2, 0) is 74.7 Å². The van der Waals surface area contributed by atoms with Crippen molar-refractivity contribution in [1.82, 2.24) is 15.6 Å². The van der Waals surface area contributed by atoms with E-state index in [0.29, 0.717) is 5.56 Å². The zero-order valence-electron chi connectivity index (χ0n) is 50.5. The highest BCUT2D eigenvalue weighted by molar-refractivity contribution is 5.95. The summed E-state index contributed by atoms with van der Waals surface area (Å²) in [6.45, 7) is -4.75. The molecule has 22 N–H and O–H groups in total. The second-order valence-corrected chi connectivity index (χ2v) is 23.5. The van der Waals surface area contributed by atoms with Crippen molar-refractivity contribution >= 4 is 40.2 Å². The monoisotopic (exact) mass is 1350 g/mol. The number of ether oxygens (including phenoxy) is 10. The molecule has 27 atom stereocenters. The number of hydrogen-bond donors (Lipinski definition) is 21. The molecule has 0 unspecified atom stereocenters. The summed E-state index contributed by atoms with van der Waals surface area (Å²) in [5.41, 5.74) is 8.22. The Morgan fingerprint density at radius 2 is 0.874 bits per heavy atom. The molecule has 35 heteroatoms. The van der Waals surface area contributed by atoms with Gasteiger partial charge in [0.25, 0.3) is 0 Å². The molecule has 5 aliphatic heterocycles. The summed E-state index contributed by atoms with van der Waals surface area (Å²) >= 11 is 0. The first-order valence-electron chi connectivity index (χ1n) is 30.4. The first kappa shape index (κ1) is 73.1. The molecule has 95 heavy (non-hydrogen) atoms. The minimum Gasteiger partial charge on any atom is -0.462 e. The van der Waals surface area contributed by atoms with Crippen LogP contribution in [-0.4, -0.2) is 309 Å². The number of carbonyl (C=O) groups excluding carboxylic acids is 4. The Bertz CT molecular complexity index is 3110. The highest BCUT2D eigenvalue weighted by atomic mass is 16.8. The van der Waals surface area contributed by atoms with Gasteiger partial charge in [-0.25, -0.2) is 0 Å². The molecule has 35 nitrogen and oxygen atoms in total. The third-order valence-corrected chi connectivity index (χ3v) is 17.0. The molecule has 4 amide bonds. The molecule has 5 saturated heterocycles. The number of nitrogens with two attached hydrogens (primary N) is 1. The van der Waals surface area contributed by atoms with Gasteiger partial charge in [0.05, 0.1) is 33.0 Å². The van der Waals surface area contributed by atoms with Crippen LogP contribution in [0.4, 0.5) is 5.69 Å². The summed E-state index contributed by atoms with van der Waals surface area (Å²) in [6, 6.07) is 19.4. The average Bonchev–Trinajstić information content (AvgIpc) is 1.27. The van der Waals surface area contributed by atoms with Gasteiger partial charge in [0.1, 0.15) is 140 Å². The van der Waals surface area contributed by atoms with E-state index in [-0.39, 0.29) is 37.1 Å². The van der Waals surface area contributed by atoms with Gasteiger partial charge in [0.15, 0.2) is 25.2 Å². The van der Waals surface area contributed by atoms with Crippen molar-refractivity contribution in [2.45, 2.75) is 191 Å². The Morgan fingerprint density at radius 3 is 1.35 bits per heavy atom. The van der Waals surface area contributed by atoms with Gasteiger partial charge in [-0.3, -0.25) is 19.2 Å². The van der Waals surface area contributed by atoms with Gasteiger partial charge in [-0.1, -0.05) is 48.5 Å². The second-order valence-electron chi connectivity index (χ2n) is 23.5. The first-order chi connectivity index (χ1) is 45.5. The maximum absolute atomic E-state index is 13.7. The number of primary amides is 1. The molecule has 0 saturated carbocycles. The summed E-state index contributed by atoms with van der Waals surface area (Å²) in [4.78, 5) is 55.9. The van der Waals surface area contributed by atoms with Crippen LogP contribution in [0.3, 0.4) is 0 Å². The van der Waals surface area contributed by atoms with Gasteiger partial charge in [-0.05, 0) is 41.5 Å². The number of carbonyl (C=O) groups is 4. The highest BCUT2D eigenvalue weighted by Crippen LogP contribution is 2.36. The van der Waals surface area contributed by atoms with E-state index in [9.17, 15) is 101 Å². The number of benzene rings is 3. The van der Waals surface area contributed by atoms with E-state index >= 15 is 0 Å². The fraction of sp³-hybridized carbons (Fsp3) is 0.600. The highest BCUT2D eigenvalue weighted by Gasteiger charge is 2.57. The number of aliphatic hydroxyl groups excluding tert-OH is 16. The minimum absolute atomic E-state index is 0.0170. The van der Waals surface area contributed by atoms with Crippen LogP contribution in [0, 0.1) is 0 Å². The lowest BCUT2D eigenvalue weighted by molar-refractivity contribution is -0.392. The normalized spacial score (nSPS) is 36.6. The summed E-state index contributed by atoms with van der Waals surface area (Å²) in [6.07, 6.45) is -45.9. The molecule has 6 heterocycles. The maximum atomic E-state index is 13.7. The van der Waals surface area contributed by atoms with Crippen LogP contribution in [0.15, 0.2) is 85.1 Å². The van der Waals surface area contributed by atoms with Crippen LogP contribution in [0.5, 0.6) is 5.75 Å². The minimum atomic E-state index is -2.18. The van der Waals surface area contributed by atoms with Crippen LogP contribution in [0.2, 0.25) is 0 Å². The average molecular weight is 1350 g/mol. The van der Waals surface area contributed by atoms with Gasteiger partial charge in [0.2, 0.25) is 29.9 Å². The van der Waals surface area contributed by atoms with Crippen molar-refractivity contribution in [2.24, 2.45) is 5.73 Å². The molecule has 0 bridgehead atoms. The molecule has 0 radical (unpaired) electrons. The molecule has 3 aromatic carbocycles. The summed E-state index contributed by atoms with van der Waals surface area (Å²) in [7, 11) is 0. The molecule has 4 aromatic rings. The lowest BCUT2D eigenvalue weighted by atomic mass is 9.95. The van der Waals surface area contributed by atoms with Crippen molar-refractivity contribution in [2.75, 3.05) is 38.4 Å². The standard InChI is InChI=1S/C60H81N5O30/c61-54(84)30(17-25-18-62-29-9-5-4-8-28(25)29)65-55(85)31(16-24-6-2-1-3-7-24)64-38(72)15-14-37(71)63-26-10-12-27(13-11-26)86-56-46(80)41(75)50(33(20-67)88-56)93-58-48(82)43(77)52(35(22-69)90-58)95-60-49(83)44(78)53(36(23-70)91-60)94-59-47(81)42(76)51(34(21-68)89-59)92-57-45(79)40(74)39(73)32(19-66)87-57/h1-13,18,30-36,39-53,56-60,62,66-70,73-83H,14-17,19-23H2,(H2,61,84)(H,63,71)(H,64,72)(H,65,85)/t30-,31-,32+,33+,34+,35+,36+,39+,40-,41+,42+,43+,44+,45+,46+,47+,48+,49+,50+,51+,52+,53+,56-,57+,58+,59+,60+/m0/s1. The molecule has 0 spiro atoms. The fourth-order valence-corrected chi connectivity index (χ4v) is 11.7. The van der Waals surface area contributed by atoms with Crippen LogP contribution >= 0.6 is 0 Å². The van der Waals surface area contributed by atoms with E-state index in [1.165, 1.54) is 24.3 Å². The largest absolute Gasteiger partial charge is 0.462 e. The van der Waals surface area contributed by atoms with E-state index in [2.05, 4.69) is 20.9 Å². The Labute approximate surface area is 539 Å². The number of hydrogen-bond acceptors (Lipinski definition) is 30. The van der Waals surface area contributed by atoms with Crippen molar-refractivity contribution in [3.8, 4) is 5.75 Å². The van der Waals surface area contributed by atoms with Crippen molar-refractivity contribution < 1.29 is 148 Å². The number of amides is 4. The number of fused-ring (bicyclic) bond motifs is 1. The third-order valence-electron chi connectivity index (χ3n) is 17.0. The summed E-state index contributed by atoms with van der Waals surface area (Å²) in [5, 5.41) is 180. The smallest absolute Gasteiger partial charge is 0.243 e. The molecular weight excluding hydrogens is 1270 g/mol. The van der Waals surface area contributed by atoms with Gasteiger partial charge in [0, 0.05) is 48.5 Å². The number of aliphatic hydroxyl groups is 16. The van der Waals surface area contributed by atoms with Crippen molar-refractivity contribution in [3.63, 3.8) is 0 Å². The fourth-order valence-electron chi connectivity index (χ4n) is 11.7. The zero-order valence-corrected chi connectivity index (χ0v) is 50.5. The second kappa shape index (κ2) is 33.0. The number of rotatable bonds is 27. The lowest BCUT2D eigenvalue weighted by Gasteiger charge is -2.49. The van der Waals surface area contributed by atoms with Crippen LogP contribution < -0.4 is 26.4 Å². The van der Waals surface area contributed by atoms with Crippen molar-refractivity contribution in [1.29, 1.82) is 0 Å². The predicted octanol–water partition coefficient (Wildman–Crippen LogP) is -8.70. The molecule has 9 rings (SSSR count). The van der Waals surface area contributed by atoms with E-state index in [1.54, 1.807) is 36.5 Å². The molecule has 1 aromatic heterocycles. The predicted molar refractivity (Wildman–Crippen MR) is 314 cm³/mol. The van der Waals surface area contributed by atoms with E-state index < -0.39 is 222 Å². The zero-order chi connectivity index (χ0) is 68.5. The summed E-state index contributed by atoms with van der Waals surface area (Å²) in [5.74, 6) is -2.69. The number of anilines is 1. The van der Waals surface area contributed by atoms with Gasteiger partial charge >= 0.3 is 0 Å². The molecule has 5 aliphatic rings. The quantitative estimate of drug-likeness (QED) is 0.0264. The molecule has 0 aliphatic carbocycles. The van der Waals surface area contributed by atoms with Crippen LogP contribution in [0.25, 0.3) is 10.9 Å². The Balaban J connectivity index is 0.741. The lowest BCUT2D eigenvalue weighted by Crippen LogP contribution is -2.68. The number of aromatic amines is 1. The SMILES string of the molecule is NC(=O)[C@H](Cc1c[nH]c2ccccc12)NC(=O)[C@H](Cc1ccccc1)NC(=O)CCC(=O)Nc1ccc(O[C@H]2O[C@H](CO)[C@@H](O[C@H]3O[C@H](CO)[C@@H](O[C@H]4O[C@H](CO)[C@@H](O[C@H]5O[C@H](CO)[C@@H](O[C@H]6O[C@H](CO)[C@@H](O)[C@H](O)[C@H]6O)[C@H](O)[C@H]5O)[C@H](O)[C@H]4O)[C@H](O)[C@H]3O)[C@H](O)[C@H]2O)cc1. The topological polar surface area (TPSA) is 562 Å². The van der Waals surface area contributed by atoms with Crippen LogP contribution in [0.1, 0.15) is 24.0 Å². The third kappa shape index (κ3) is 17.1. The van der Waals surface area contributed by atoms with Gasteiger partial charge in [-0.15, -0.1) is 0 Å². The van der Waals surface area contributed by atoms with E-state index in [1.807, 2.05) is 24.3 Å². The van der Waals surface area contributed by atoms with Gasteiger partial charge < -0.3 is 156 Å². The Kier molecular flexibility index (Phi) is 25.4. The number of para-hydroxylation sites is 1. The number of aromatic nitrogens is 1. The first-order valence-corrected chi connectivity index (χ1v) is 30.4.